The highest BCUT2D eigenvalue weighted by Crippen LogP contribution is 2.38. The number of halogens is 3. The van der Waals surface area contributed by atoms with E-state index < -0.39 is 17.8 Å². The van der Waals surface area contributed by atoms with Crippen LogP contribution in [0.4, 0.5) is 13.2 Å². The first kappa shape index (κ1) is 21.7. The third-order valence-corrected chi connectivity index (χ3v) is 5.31. The molecule has 29 heavy (non-hydrogen) atoms. The monoisotopic (exact) mass is 415 g/mol. The van der Waals surface area contributed by atoms with Gasteiger partial charge in [0, 0.05) is 31.7 Å². The Morgan fingerprint density at radius 3 is 2.93 bits per heavy atom. The van der Waals surface area contributed by atoms with Gasteiger partial charge in [-0.25, -0.2) is 0 Å². The third-order valence-electron chi connectivity index (χ3n) is 5.31. The number of aliphatic hydroxyl groups is 1. The number of hydrogen-bond donors (Lipinski definition) is 2. The largest absolute Gasteiger partial charge is 0.491 e. The maximum atomic E-state index is 12.8. The van der Waals surface area contributed by atoms with E-state index in [-0.39, 0.29) is 24.3 Å². The van der Waals surface area contributed by atoms with Gasteiger partial charge >= 0.3 is 6.18 Å². The van der Waals surface area contributed by atoms with Crippen LogP contribution in [0.2, 0.25) is 0 Å². The van der Waals surface area contributed by atoms with Gasteiger partial charge in [-0.3, -0.25) is 4.99 Å². The molecule has 2 fully saturated rings. The summed E-state index contributed by atoms with van der Waals surface area (Å²) in [5, 5.41) is 13.4. The fraction of sp³-hybridized carbons (Fsp3) is 0.650. The predicted octanol–water partition coefficient (Wildman–Crippen LogP) is 2.52. The molecule has 3 rings (SSSR count). The van der Waals surface area contributed by atoms with Crippen molar-refractivity contribution in [1.82, 2.24) is 10.2 Å². The second-order valence-corrected chi connectivity index (χ2v) is 7.66. The standard InChI is InChI=1S/C20H28F3N3O3/c1-2-24-18(26-8-6-19(13-26)7-9-28-14-19)25-11-16(27)12-29-17-5-3-4-15(10-17)20(21,22)23/h3-5,10,16,27H,2,6-9,11-14H2,1H3,(H,24,25). The zero-order valence-corrected chi connectivity index (χ0v) is 16.5. The molecule has 2 heterocycles. The fourth-order valence-electron chi connectivity index (χ4n) is 3.71. The molecule has 1 aromatic carbocycles. The van der Waals surface area contributed by atoms with E-state index in [0.29, 0.717) is 6.54 Å². The maximum Gasteiger partial charge on any atom is 0.416 e. The van der Waals surface area contributed by atoms with Crippen molar-refractivity contribution in [3.05, 3.63) is 29.8 Å². The lowest BCUT2D eigenvalue weighted by Crippen LogP contribution is -2.42. The molecule has 0 amide bonds. The molecule has 162 valence electrons. The summed E-state index contributed by atoms with van der Waals surface area (Å²) >= 11 is 0. The number of likely N-dealkylation sites (tertiary alicyclic amines) is 1. The molecule has 0 saturated carbocycles. The van der Waals surface area contributed by atoms with Crippen LogP contribution in [-0.2, 0) is 10.9 Å². The van der Waals surface area contributed by atoms with Crippen molar-refractivity contribution in [2.75, 3.05) is 46.0 Å². The number of aliphatic imine (C=N–C) groups is 1. The van der Waals surface area contributed by atoms with Crippen molar-refractivity contribution in [2.45, 2.75) is 32.0 Å². The van der Waals surface area contributed by atoms with Gasteiger partial charge in [-0.2, -0.15) is 13.2 Å². The zero-order valence-electron chi connectivity index (χ0n) is 16.5. The Morgan fingerprint density at radius 2 is 2.24 bits per heavy atom. The number of hydrogen-bond acceptors (Lipinski definition) is 4. The Hall–Kier alpha value is -2.00. The maximum absolute atomic E-state index is 12.8. The number of alkyl halides is 3. The number of rotatable bonds is 6. The van der Waals surface area contributed by atoms with Crippen molar-refractivity contribution >= 4 is 5.96 Å². The molecule has 0 aliphatic carbocycles. The average Bonchev–Trinajstić information content (AvgIpc) is 3.33. The van der Waals surface area contributed by atoms with E-state index in [1.165, 1.54) is 12.1 Å². The first-order valence-corrected chi connectivity index (χ1v) is 9.90. The highest BCUT2D eigenvalue weighted by Gasteiger charge is 2.42. The quantitative estimate of drug-likeness (QED) is 0.552. The van der Waals surface area contributed by atoms with Gasteiger partial charge in [0.25, 0.3) is 0 Å². The topological polar surface area (TPSA) is 66.3 Å². The van der Waals surface area contributed by atoms with Crippen LogP contribution < -0.4 is 10.1 Å². The molecule has 2 unspecified atom stereocenters. The van der Waals surface area contributed by atoms with Crippen molar-refractivity contribution in [2.24, 2.45) is 10.4 Å². The van der Waals surface area contributed by atoms with Crippen LogP contribution in [0.1, 0.15) is 25.3 Å². The minimum atomic E-state index is -4.43. The highest BCUT2D eigenvalue weighted by atomic mass is 19.4. The summed E-state index contributed by atoms with van der Waals surface area (Å²) in [4.78, 5) is 6.68. The van der Waals surface area contributed by atoms with Gasteiger partial charge in [-0.15, -0.1) is 0 Å². The molecule has 2 aliphatic heterocycles. The van der Waals surface area contributed by atoms with Gasteiger partial charge in [0.15, 0.2) is 5.96 Å². The number of aliphatic hydroxyl groups excluding tert-OH is 1. The fourth-order valence-corrected chi connectivity index (χ4v) is 3.71. The Balaban J connectivity index is 1.53. The van der Waals surface area contributed by atoms with Gasteiger partial charge in [0.05, 0.1) is 18.7 Å². The molecule has 1 spiro atoms. The average molecular weight is 415 g/mol. The molecule has 0 aromatic heterocycles. The van der Waals surface area contributed by atoms with Crippen LogP contribution >= 0.6 is 0 Å². The Morgan fingerprint density at radius 1 is 1.41 bits per heavy atom. The summed E-state index contributed by atoms with van der Waals surface area (Å²) in [5.41, 5.74) is -0.586. The summed E-state index contributed by atoms with van der Waals surface area (Å²) < 4.78 is 49.2. The summed E-state index contributed by atoms with van der Waals surface area (Å²) in [7, 11) is 0. The molecule has 2 aliphatic rings. The molecule has 9 heteroatoms. The van der Waals surface area contributed by atoms with Gasteiger partial charge in [0.2, 0.25) is 0 Å². The van der Waals surface area contributed by atoms with Gasteiger partial charge in [-0.05, 0) is 38.0 Å². The van der Waals surface area contributed by atoms with E-state index in [1.54, 1.807) is 0 Å². The van der Waals surface area contributed by atoms with Crippen LogP contribution in [0.25, 0.3) is 0 Å². The number of benzene rings is 1. The number of ether oxygens (including phenoxy) is 2. The summed E-state index contributed by atoms with van der Waals surface area (Å²) in [6.07, 6.45) is -3.25. The molecule has 2 atom stereocenters. The van der Waals surface area contributed by atoms with Crippen molar-refractivity contribution in [3.8, 4) is 5.75 Å². The summed E-state index contributed by atoms with van der Waals surface area (Å²) in [6, 6.07) is 4.62. The van der Waals surface area contributed by atoms with E-state index in [1.807, 2.05) is 6.92 Å². The normalized spacial score (nSPS) is 23.6. The van der Waals surface area contributed by atoms with Gasteiger partial charge in [-0.1, -0.05) is 6.07 Å². The second kappa shape index (κ2) is 9.21. The molecule has 1 aromatic rings. The summed E-state index contributed by atoms with van der Waals surface area (Å²) in [6.45, 7) is 5.97. The highest BCUT2D eigenvalue weighted by molar-refractivity contribution is 5.80. The Bertz CT molecular complexity index is 706. The van der Waals surface area contributed by atoms with Gasteiger partial charge < -0.3 is 24.8 Å². The smallest absolute Gasteiger partial charge is 0.416 e. The molecular formula is C20H28F3N3O3. The minimum Gasteiger partial charge on any atom is -0.491 e. The molecule has 0 radical (unpaired) electrons. The summed E-state index contributed by atoms with van der Waals surface area (Å²) in [5.74, 6) is 0.798. The first-order chi connectivity index (χ1) is 13.8. The van der Waals surface area contributed by atoms with Crippen LogP contribution in [0.3, 0.4) is 0 Å². The molecule has 6 nitrogen and oxygen atoms in total. The number of nitrogens with zero attached hydrogens (tertiary/aromatic N) is 2. The third kappa shape index (κ3) is 5.76. The van der Waals surface area contributed by atoms with Crippen LogP contribution in [0.5, 0.6) is 5.75 Å². The second-order valence-electron chi connectivity index (χ2n) is 7.66. The van der Waals surface area contributed by atoms with E-state index in [9.17, 15) is 18.3 Å². The van der Waals surface area contributed by atoms with Crippen LogP contribution in [-0.4, -0.2) is 68.1 Å². The van der Waals surface area contributed by atoms with Crippen LogP contribution in [0.15, 0.2) is 29.3 Å². The first-order valence-electron chi connectivity index (χ1n) is 9.90. The van der Waals surface area contributed by atoms with Crippen molar-refractivity contribution < 1.29 is 27.8 Å². The molecule has 0 bridgehead atoms. The molecular weight excluding hydrogens is 387 g/mol. The van der Waals surface area contributed by atoms with Gasteiger partial charge in [0.1, 0.15) is 18.5 Å². The minimum absolute atomic E-state index is 0.0671. The zero-order chi connectivity index (χ0) is 20.9. The van der Waals surface area contributed by atoms with Crippen molar-refractivity contribution in [1.29, 1.82) is 0 Å². The van der Waals surface area contributed by atoms with Crippen LogP contribution in [0, 0.1) is 5.41 Å². The van der Waals surface area contributed by atoms with Crippen molar-refractivity contribution in [3.63, 3.8) is 0 Å². The Kier molecular flexibility index (Phi) is 6.89. The lowest BCUT2D eigenvalue weighted by atomic mass is 9.87. The van der Waals surface area contributed by atoms with E-state index in [2.05, 4.69) is 15.2 Å². The van der Waals surface area contributed by atoms with E-state index in [0.717, 1.165) is 57.2 Å². The molecule has 2 N–H and O–H groups in total. The lowest BCUT2D eigenvalue weighted by molar-refractivity contribution is -0.137. The predicted molar refractivity (Wildman–Crippen MR) is 103 cm³/mol. The van der Waals surface area contributed by atoms with E-state index in [4.69, 9.17) is 9.47 Å². The number of nitrogens with one attached hydrogen (secondary N) is 1. The SMILES string of the molecule is CCNC(=NCC(O)COc1cccc(C(F)(F)F)c1)N1CCC2(CCOC2)C1. The van der Waals surface area contributed by atoms with E-state index >= 15 is 0 Å². The molecule has 2 saturated heterocycles. The lowest BCUT2D eigenvalue weighted by Gasteiger charge is -2.25. The Labute approximate surface area is 168 Å². The number of guanidine groups is 1.